The normalized spacial score (nSPS) is 21.5. The molecular formula is C8H11ClN2O. The first-order chi connectivity index (χ1) is 5.71. The summed E-state index contributed by atoms with van der Waals surface area (Å²) in [5, 5.41) is 3.81. The predicted octanol–water partition coefficient (Wildman–Crippen LogP) is 2.55. The van der Waals surface area contributed by atoms with Gasteiger partial charge in [-0.15, -0.1) is 0 Å². The van der Waals surface area contributed by atoms with E-state index in [1.807, 2.05) is 0 Å². The van der Waals surface area contributed by atoms with E-state index in [4.69, 9.17) is 16.1 Å². The van der Waals surface area contributed by atoms with E-state index < -0.39 is 0 Å². The lowest BCUT2D eigenvalue weighted by molar-refractivity contribution is 0.295. The van der Waals surface area contributed by atoms with Crippen LogP contribution in [0.25, 0.3) is 0 Å². The van der Waals surface area contributed by atoms with Crippen molar-refractivity contribution in [2.24, 2.45) is 0 Å². The minimum absolute atomic E-state index is 0.0835. The SMILES string of the molecule is CC1(c2nc(Cl)no2)CCCC1. The second-order valence-corrected chi connectivity index (χ2v) is 3.97. The quantitative estimate of drug-likeness (QED) is 0.677. The van der Waals surface area contributed by atoms with Crippen molar-refractivity contribution < 1.29 is 4.52 Å². The van der Waals surface area contributed by atoms with Gasteiger partial charge in [-0.2, -0.15) is 4.98 Å². The predicted molar refractivity (Wildman–Crippen MR) is 45.1 cm³/mol. The fourth-order valence-electron chi connectivity index (χ4n) is 1.82. The number of aromatic nitrogens is 2. The van der Waals surface area contributed by atoms with Crippen molar-refractivity contribution in [3.05, 3.63) is 11.2 Å². The molecule has 0 unspecified atom stereocenters. The molecule has 0 N–H and O–H groups in total. The summed E-state index contributed by atoms with van der Waals surface area (Å²) in [5.74, 6) is 0.699. The lowest BCUT2D eigenvalue weighted by Gasteiger charge is -2.16. The van der Waals surface area contributed by atoms with Crippen molar-refractivity contribution in [2.75, 3.05) is 0 Å². The molecule has 0 amide bonds. The monoisotopic (exact) mass is 186 g/mol. The Morgan fingerprint density at radius 2 is 2.08 bits per heavy atom. The Morgan fingerprint density at radius 3 is 2.58 bits per heavy atom. The molecule has 1 aliphatic carbocycles. The molecule has 0 saturated heterocycles. The first kappa shape index (κ1) is 8.05. The van der Waals surface area contributed by atoms with Crippen LogP contribution in [0.1, 0.15) is 38.5 Å². The van der Waals surface area contributed by atoms with E-state index in [1.165, 1.54) is 12.8 Å². The summed E-state index contributed by atoms with van der Waals surface area (Å²) in [7, 11) is 0. The zero-order valence-corrected chi connectivity index (χ0v) is 7.76. The molecule has 1 aromatic heterocycles. The maximum absolute atomic E-state index is 5.58. The molecule has 66 valence electrons. The van der Waals surface area contributed by atoms with Crippen molar-refractivity contribution in [2.45, 2.75) is 38.0 Å². The number of rotatable bonds is 1. The highest BCUT2D eigenvalue weighted by atomic mass is 35.5. The maximum Gasteiger partial charge on any atom is 0.263 e. The molecule has 2 rings (SSSR count). The number of hydrogen-bond donors (Lipinski definition) is 0. The average molecular weight is 187 g/mol. The third kappa shape index (κ3) is 1.22. The van der Waals surface area contributed by atoms with Crippen LogP contribution < -0.4 is 0 Å². The van der Waals surface area contributed by atoms with Crippen LogP contribution in [-0.4, -0.2) is 10.1 Å². The molecule has 1 fully saturated rings. The largest absolute Gasteiger partial charge is 0.337 e. The second-order valence-electron chi connectivity index (χ2n) is 3.64. The lowest BCUT2D eigenvalue weighted by Crippen LogP contribution is -2.16. The molecule has 0 radical (unpaired) electrons. The van der Waals surface area contributed by atoms with E-state index in [0.29, 0.717) is 5.89 Å². The van der Waals surface area contributed by atoms with Crippen LogP contribution in [0, 0.1) is 0 Å². The van der Waals surface area contributed by atoms with Gasteiger partial charge in [-0.1, -0.05) is 19.8 Å². The standard InChI is InChI=1S/C8H11ClN2O/c1-8(4-2-3-5-8)6-10-7(9)11-12-6/h2-5H2,1H3. The molecule has 0 aromatic carbocycles. The minimum atomic E-state index is 0.0835. The summed E-state index contributed by atoms with van der Waals surface area (Å²) < 4.78 is 5.06. The Bertz CT molecular complexity index is 278. The van der Waals surface area contributed by atoms with Gasteiger partial charge < -0.3 is 4.52 Å². The summed E-state index contributed by atoms with van der Waals surface area (Å²) >= 11 is 5.58. The van der Waals surface area contributed by atoms with Crippen LogP contribution >= 0.6 is 11.6 Å². The van der Waals surface area contributed by atoms with Gasteiger partial charge in [-0.25, -0.2) is 0 Å². The Kier molecular flexibility index (Phi) is 1.83. The van der Waals surface area contributed by atoms with Crippen LogP contribution in [0.15, 0.2) is 4.52 Å². The zero-order chi connectivity index (χ0) is 8.60. The van der Waals surface area contributed by atoms with E-state index in [-0.39, 0.29) is 10.7 Å². The average Bonchev–Trinajstić information content (AvgIpc) is 2.59. The smallest absolute Gasteiger partial charge is 0.263 e. The van der Waals surface area contributed by atoms with Gasteiger partial charge >= 0.3 is 0 Å². The molecule has 0 atom stereocenters. The molecule has 3 nitrogen and oxygen atoms in total. The Morgan fingerprint density at radius 1 is 1.42 bits per heavy atom. The Balaban J connectivity index is 2.28. The third-order valence-electron chi connectivity index (χ3n) is 2.62. The van der Waals surface area contributed by atoms with Gasteiger partial charge in [-0.3, -0.25) is 0 Å². The van der Waals surface area contributed by atoms with E-state index in [0.717, 1.165) is 12.8 Å². The van der Waals surface area contributed by atoms with Gasteiger partial charge in [0.2, 0.25) is 5.89 Å². The van der Waals surface area contributed by atoms with Crippen LogP contribution in [0.4, 0.5) is 0 Å². The van der Waals surface area contributed by atoms with Gasteiger partial charge in [-0.05, 0) is 29.6 Å². The molecule has 4 heteroatoms. The highest BCUT2D eigenvalue weighted by Gasteiger charge is 2.35. The number of hydrogen-bond acceptors (Lipinski definition) is 3. The van der Waals surface area contributed by atoms with E-state index in [2.05, 4.69) is 17.1 Å². The van der Waals surface area contributed by atoms with Crippen molar-refractivity contribution in [3.63, 3.8) is 0 Å². The van der Waals surface area contributed by atoms with Crippen LogP contribution in [0.5, 0.6) is 0 Å². The molecule has 0 bridgehead atoms. The molecule has 1 heterocycles. The fourth-order valence-corrected chi connectivity index (χ4v) is 1.93. The molecule has 1 aliphatic rings. The lowest BCUT2D eigenvalue weighted by atomic mass is 9.89. The molecule has 0 spiro atoms. The van der Waals surface area contributed by atoms with Crippen molar-refractivity contribution in [1.82, 2.24) is 10.1 Å². The Labute approximate surface area is 76.1 Å². The second kappa shape index (κ2) is 2.73. The Hall–Kier alpha value is -0.570. The van der Waals surface area contributed by atoms with Crippen LogP contribution in [0.3, 0.4) is 0 Å². The summed E-state index contributed by atoms with van der Waals surface area (Å²) in [6.45, 7) is 2.16. The van der Waals surface area contributed by atoms with Gasteiger partial charge in [0.15, 0.2) is 0 Å². The van der Waals surface area contributed by atoms with Gasteiger partial charge in [0.05, 0.1) is 0 Å². The number of nitrogens with zero attached hydrogens (tertiary/aromatic N) is 2. The summed E-state index contributed by atoms with van der Waals surface area (Å²) in [6, 6.07) is 0. The summed E-state index contributed by atoms with van der Waals surface area (Å²) in [5.41, 5.74) is 0.0835. The first-order valence-electron chi connectivity index (χ1n) is 4.20. The van der Waals surface area contributed by atoms with E-state index in [9.17, 15) is 0 Å². The molecule has 1 aromatic rings. The molecule has 12 heavy (non-hydrogen) atoms. The van der Waals surface area contributed by atoms with Gasteiger partial charge in [0.1, 0.15) is 0 Å². The van der Waals surface area contributed by atoms with Crippen molar-refractivity contribution in [1.29, 1.82) is 0 Å². The van der Waals surface area contributed by atoms with E-state index >= 15 is 0 Å². The van der Waals surface area contributed by atoms with Crippen molar-refractivity contribution >= 4 is 11.6 Å². The van der Waals surface area contributed by atoms with Crippen molar-refractivity contribution in [3.8, 4) is 0 Å². The van der Waals surface area contributed by atoms with Crippen LogP contribution in [-0.2, 0) is 5.41 Å². The zero-order valence-electron chi connectivity index (χ0n) is 7.01. The van der Waals surface area contributed by atoms with Gasteiger partial charge in [0.25, 0.3) is 5.28 Å². The van der Waals surface area contributed by atoms with E-state index in [1.54, 1.807) is 0 Å². The minimum Gasteiger partial charge on any atom is -0.337 e. The molecule has 0 aliphatic heterocycles. The first-order valence-corrected chi connectivity index (χ1v) is 4.58. The van der Waals surface area contributed by atoms with Gasteiger partial charge in [0, 0.05) is 5.41 Å². The number of halogens is 1. The third-order valence-corrected chi connectivity index (χ3v) is 2.78. The molecule has 1 saturated carbocycles. The highest BCUT2D eigenvalue weighted by molar-refractivity contribution is 6.28. The summed E-state index contributed by atoms with van der Waals surface area (Å²) in [4.78, 5) is 4.05. The maximum atomic E-state index is 5.58. The fraction of sp³-hybridized carbons (Fsp3) is 0.750. The van der Waals surface area contributed by atoms with Crippen LogP contribution in [0.2, 0.25) is 5.28 Å². The summed E-state index contributed by atoms with van der Waals surface area (Å²) in [6.07, 6.45) is 4.75. The highest BCUT2D eigenvalue weighted by Crippen LogP contribution is 2.39. The topological polar surface area (TPSA) is 38.9 Å². The molecular weight excluding hydrogens is 176 g/mol.